The normalized spacial score (nSPS) is 16.6. The number of nitrogens with one attached hydrogen (secondary N) is 1. The zero-order valence-corrected chi connectivity index (χ0v) is 9.87. The summed E-state index contributed by atoms with van der Waals surface area (Å²) >= 11 is 0. The van der Waals surface area contributed by atoms with Gasteiger partial charge in [-0.3, -0.25) is 0 Å². The van der Waals surface area contributed by atoms with Crippen LogP contribution in [0.2, 0.25) is 0 Å². The van der Waals surface area contributed by atoms with E-state index < -0.39 is 0 Å². The van der Waals surface area contributed by atoms with Gasteiger partial charge in [0.15, 0.2) is 0 Å². The van der Waals surface area contributed by atoms with Crippen molar-refractivity contribution in [2.45, 2.75) is 19.8 Å². The van der Waals surface area contributed by atoms with Crippen LogP contribution in [0.25, 0.3) is 0 Å². The molecule has 0 amide bonds. The van der Waals surface area contributed by atoms with Crippen LogP contribution in [0.15, 0.2) is 12.3 Å². The van der Waals surface area contributed by atoms with Crippen molar-refractivity contribution in [3.8, 4) is 0 Å². The van der Waals surface area contributed by atoms with E-state index in [1.165, 1.54) is 25.9 Å². The molecule has 16 heavy (non-hydrogen) atoms. The van der Waals surface area contributed by atoms with Gasteiger partial charge in [0.2, 0.25) is 0 Å². The Balaban J connectivity index is 1.78. The number of nitrogen functional groups attached to an aromatic ring is 1. The second-order valence-electron chi connectivity index (χ2n) is 4.40. The molecule has 88 valence electrons. The first-order valence-corrected chi connectivity index (χ1v) is 5.94. The van der Waals surface area contributed by atoms with Crippen molar-refractivity contribution < 1.29 is 0 Å². The van der Waals surface area contributed by atoms with Gasteiger partial charge in [-0.05, 0) is 44.5 Å². The molecule has 1 aromatic rings. The number of likely N-dealkylation sites (tertiary alicyclic amines) is 1. The van der Waals surface area contributed by atoms with Crippen LogP contribution in [-0.2, 0) is 0 Å². The Kier molecular flexibility index (Phi) is 3.62. The molecule has 2 rings (SSSR count). The van der Waals surface area contributed by atoms with E-state index in [0.29, 0.717) is 0 Å². The third kappa shape index (κ3) is 2.85. The highest BCUT2D eigenvalue weighted by atomic mass is 15.2. The van der Waals surface area contributed by atoms with Gasteiger partial charge in [0.25, 0.3) is 0 Å². The van der Waals surface area contributed by atoms with Gasteiger partial charge < -0.3 is 16.0 Å². The molecule has 1 saturated heterocycles. The van der Waals surface area contributed by atoms with Crippen molar-refractivity contribution in [1.29, 1.82) is 0 Å². The highest BCUT2D eigenvalue weighted by molar-refractivity contribution is 5.50. The SMILES string of the molecule is Cc1cc(NCCN2CCCC2)ncc1N. The van der Waals surface area contributed by atoms with E-state index in [-0.39, 0.29) is 0 Å². The standard InChI is InChI=1S/C12H20N4/c1-10-8-12(15-9-11(10)13)14-4-7-16-5-2-3-6-16/h8-9H,2-7,13H2,1H3,(H,14,15). The van der Waals surface area contributed by atoms with E-state index >= 15 is 0 Å². The summed E-state index contributed by atoms with van der Waals surface area (Å²) in [5.41, 5.74) is 7.56. The van der Waals surface area contributed by atoms with Crippen LogP contribution < -0.4 is 11.1 Å². The summed E-state index contributed by atoms with van der Waals surface area (Å²) in [5.74, 6) is 0.922. The van der Waals surface area contributed by atoms with E-state index in [2.05, 4.69) is 15.2 Å². The summed E-state index contributed by atoms with van der Waals surface area (Å²) in [5, 5.41) is 3.33. The smallest absolute Gasteiger partial charge is 0.126 e. The van der Waals surface area contributed by atoms with Gasteiger partial charge in [-0.1, -0.05) is 0 Å². The fourth-order valence-corrected chi connectivity index (χ4v) is 2.01. The molecule has 0 atom stereocenters. The highest BCUT2D eigenvalue weighted by Gasteiger charge is 2.10. The van der Waals surface area contributed by atoms with Gasteiger partial charge in [-0.25, -0.2) is 4.98 Å². The minimum Gasteiger partial charge on any atom is -0.397 e. The van der Waals surface area contributed by atoms with Gasteiger partial charge in [0.05, 0.1) is 11.9 Å². The number of hydrogen-bond donors (Lipinski definition) is 2. The Morgan fingerprint density at radius 3 is 2.88 bits per heavy atom. The average molecular weight is 220 g/mol. The van der Waals surface area contributed by atoms with Crippen molar-refractivity contribution >= 4 is 11.5 Å². The second kappa shape index (κ2) is 5.16. The fraction of sp³-hybridized carbons (Fsp3) is 0.583. The van der Waals surface area contributed by atoms with Crippen LogP contribution >= 0.6 is 0 Å². The second-order valence-corrected chi connectivity index (χ2v) is 4.40. The average Bonchev–Trinajstić information content (AvgIpc) is 2.76. The molecule has 0 unspecified atom stereocenters. The zero-order chi connectivity index (χ0) is 11.4. The predicted molar refractivity (Wildman–Crippen MR) is 67.6 cm³/mol. The lowest BCUT2D eigenvalue weighted by atomic mass is 10.2. The van der Waals surface area contributed by atoms with Crippen LogP contribution in [0.3, 0.4) is 0 Å². The first kappa shape index (κ1) is 11.2. The third-order valence-electron chi connectivity index (χ3n) is 3.08. The van der Waals surface area contributed by atoms with Crippen LogP contribution in [0.5, 0.6) is 0 Å². The minimum absolute atomic E-state index is 0.755. The maximum absolute atomic E-state index is 5.72. The molecule has 0 aliphatic carbocycles. The molecule has 0 spiro atoms. The molecule has 1 fully saturated rings. The van der Waals surface area contributed by atoms with Gasteiger partial charge in [-0.15, -0.1) is 0 Å². The van der Waals surface area contributed by atoms with Gasteiger partial charge in [0.1, 0.15) is 5.82 Å². The Hall–Kier alpha value is -1.29. The largest absolute Gasteiger partial charge is 0.397 e. The van der Waals surface area contributed by atoms with Crippen LogP contribution in [0.1, 0.15) is 18.4 Å². The lowest BCUT2D eigenvalue weighted by Crippen LogP contribution is -2.26. The van der Waals surface area contributed by atoms with Crippen molar-refractivity contribution in [1.82, 2.24) is 9.88 Å². The molecule has 1 aliphatic heterocycles. The molecular formula is C12H20N4. The molecule has 0 radical (unpaired) electrons. The molecule has 0 bridgehead atoms. The van der Waals surface area contributed by atoms with E-state index in [4.69, 9.17) is 5.73 Å². The Labute approximate surface area is 96.8 Å². The number of pyridine rings is 1. The molecule has 4 heteroatoms. The number of anilines is 2. The molecule has 3 N–H and O–H groups in total. The van der Waals surface area contributed by atoms with Crippen LogP contribution in [-0.4, -0.2) is 36.1 Å². The lowest BCUT2D eigenvalue weighted by Gasteiger charge is -2.15. The quantitative estimate of drug-likeness (QED) is 0.807. The lowest BCUT2D eigenvalue weighted by molar-refractivity contribution is 0.352. The van der Waals surface area contributed by atoms with Crippen molar-refractivity contribution in [2.24, 2.45) is 0 Å². The van der Waals surface area contributed by atoms with Crippen molar-refractivity contribution in [3.05, 3.63) is 17.8 Å². The molecule has 4 nitrogen and oxygen atoms in total. The summed E-state index contributed by atoms with van der Waals surface area (Å²) in [6.45, 7) is 6.55. The van der Waals surface area contributed by atoms with Crippen LogP contribution in [0.4, 0.5) is 11.5 Å². The van der Waals surface area contributed by atoms with Crippen molar-refractivity contribution in [3.63, 3.8) is 0 Å². The van der Waals surface area contributed by atoms with Gasteiger partial charge in [-0.2, -0.15) is 0 Å². The first-order chi connectivity index (χ1) is 7.75. The Morgan fingerprint density at radius 1 is 1.44 bits per heavy atom. The topological polar surface area (TPSA) is 54.2 Å². The third-order valence-corrected chi connectivity index (χ3v) is 3.08. The number of hydrogen-bond acceptors (Lipinski definition) is 4. The molecule has 0 aromatic carbocycles. The first-order valence-electron chi connectivity index (χ1n) is 5.94. The van der Waals surface area contributed by atoms with Gasteiger partial charge in [0, 0.05) is 13.1 Å². The monoisotopic (exact) mass is 220 g/mol. The summed E-state index contributed by atoms with van der Waals surface area (Å²) in [6.07, 6.45) is 4.41. The van der Waals surface area contributed by atoms with Gasteiger partial charge >= 0.3 is 0 Å². The van der Waals surface area contributed by atoms with E-state index in [1.807, 2.05) is 13.0 Å². The Morgan fingerprint density at radius 2 is 2.19 bits per heavy atom. The summed E-state index contributed by atoms with van der Waals surface area (Å²) in [6, 6.07) is 2.00. The van der Waals surface area contributed by atoms with Crippen molar-refractivity contribution in [2.75, 3.05) is 37.2 Å². The van der Waals surface area contributed by atoms with E-state index in [9.17, 15) is 0 Å². The number of aryl methyl sites for hydroxylation is 1. The number of rotatable bonds is 4. The fourth-order valence-electron chi connectivity index (χ4n) is 2.01. The highest BCUT2D eigenvalue weighted by Crippen LogP contribution is 2.13. The Bertz CT molecular complexity index is 345. The number of nitrogens with zero attached hydrogens (tertiary/aromatic N) is 2. The zero-order valence-electron chi connectivity index (χ0n) is 9.87. The number of aromatic nitrogens is 1. The summed E-state index contributed by atoms with van der Waals surface area (Å²) in [7, 11) is 0. The maximum atomic E-state index is 5.72. The molecule has 1 aliphatic rings. The summed E-state index contributed by atoms with van der Waals surface area (Å²) in [4.78, 5) is 6.73. The molecule has 2 heterocycles. The molecular weight excluding hydrogens is 200 g/mol. The molecule has 0 saturated carbocycles. The van der Waals surface area contributed by atoms with E-state index in [0.717, 1.165) is 30.2 Å². The van der Waals surface area contributed by atoms with E-state index in [1.54, 1.807) is 6.20 Å². The maximum Gasteiger partial charge on any atom is 0.126 e. The molecule has 1 aromatic heterocycles. The van der Waals surface area contributed by atoms with Crippen LogP contribution in [0, 0.1) is 6.92 Å². The summed E-state index contributed by atoms with van der Waals surface area (Å²) < 4.78 is 0. The minimum atomic E-state index is 0.755. The predicted octanol–water partition coefficient (Wildman–Crippen LogP) is 1.48. The number of nitrogens with two attached hydrogens (primary N) is 1.